The number of nitrogens with one attached hydrogen (secondary N) is 1. The lowest BCUT2D eigenvalue weighted by molar-refractivity contribution is -0.384. The highest BCUT2D eigenvalue weighted by Gasteiger charge is 2.24. The highest BCUT2D eigenvalue weighted by molar-refractivity contribution is 5.89. The van der Waals surface area contributed by atoms with Crippen molar-refractivity contribution in [3.8, 4) is 0 Å². The SMILES string of the molecule is CC1CCCC1CNc1ccc(C(=O)O)cc1[N+](=O)[O-]. The number of aromatic carboxylic acids is 1. The molecule has 0 spiro atoms. The Hall–Kier alpha value is -2.11. The molecule has 0 aromatic heterocycles. The molecule has 0 amide bonds. The standard InChI is InChI=1S/C14H18N2O4/c1-9-3-2-4-11(9)8-15-12-6-5-10(14(17)18)7-13(12)16(19)20/h5-7,9,11,15H,2-4,8H2,1H3,(H,17,18). The second-order valence-corrected chi connectivity index (χ2v) is 5.34. The summed E-state index contributed by atoms with van der Waals surface area (Å²) in [6.07, 6.45) is 3.54. The summed E-state index contributed by atoms with van der Waals surface area (Å²) in [6.45, 7) is 2.88. The molecule has 1 aromatic carbocycles. The molecular weight excluding hydrogens is 260 g/mol. The average molecular weight is 278 g/mol. The lowest BCUT2D eigenvalue weighted by Crippen LogP contribution is -2.17. The number of nitro benzene ring substituents is 1. The van der Waals surface area contributed by atoms with Crippen molar-refractivity contribution in [2.24, 2.45) is 11.8 Å². The normalized spacial score (nSPS) is 21.6. The van der Waals surface area contributed by atoms with E-state index in [0.29, 0.717) is 24.1 Å². The summed E-state index contributed by atoms with van der Waals surface area (Å²) < 4.78 is 0. The molecular formula is C14H18N2O4. The van der Waals surface area contributed by atoms with Gasteiger partial charge in [0.15, 0.2) is 0 Å². The fourth-order valence-corrected chi connectivity index (χ4v) is 2.73. The van der Waals surface area contributed by atoms with E-state index >= 15 is 0 Å². The molecule has 1 aromatic rings. The van der Waals surface area contributed by atoms with Crippen LogP contribution in [0.4, 0.5) is 11.4 Å². The molecule has 6 nitrogen and oxygen atoms in total. The maximum absolute atomic E-state index is 11.0. The van der Waals surface area contributed by atoms with Crippen LogP contribution in [0.2, 0.25) is 0 Å². The first-order valence-corrected chi connectivity index (χ1v) is 6.74. The molecule has 2 rings (SSSR count). The molecule has 0 aliphatic heterocycles. The Labute approximate surface area is 117 Å². The van der Waals surface area contributed by atoms with E-state index in [0.717, 1.165) is 12.5 Å². The van der Waals surface area contributed by atoms with E-state index in [2.05, 4.69) is 12.2 Å². The zero-order valence-electron chi connectivity index (χ0n) is 11.3. The van der Waals surface area contributed by atoms with Crippen molar-refractivity contribution in [1.29, 1.82) is 0 Å². The van der Waals surface area contributed by atoms with Crippen LogP contribution in [0.3, 0.4) is 0 Å². The predicted molar refractivity (Wildman–Crippen MR) is 75.1 cm³/mol. The molecule has 0 radical (unpaired) electrons. The van der Waals surface area contributed by atoms with Crippen LogP contribution in [0.1, 0.15) is 36.5 Å². The highest BCUT2D eigenvalue weighted by Crippen LogP contribution is 2.32. The molecule has 2 unspecified atom stereocenters. The minimum atomic E-state index is -1.16. The van der Waals surface area contributed by atoms with Gasteiger partial charge in [0.25, 0.3) is 5.69 Å². The molecule has 2 atom stereocenters. The first-order chi connectivity index (χ1) is 9.49. The van der Waals surface area contributed by atoms with E-state index in [4.69, 9.17) is 5.11 Å². The monoisotopic (exact) mass is 278 g/mol. The Kier molecular flexibility index (Phi) is 4.22. The molecule has 1 aliphatic rings. The quantitative estimate of drug-likeness (QED) is 0.637. The van der Waals surface area contributed by atoms with E-state index in [1.165, 1.54) is 25.0 Å². The van der Waals surface area contributed by atoms with Crippen molar-refractivity contribution in [3.05, 3.63) is 33.9 Å². The smallest absolute Gasteiger partial charge is 0.335 e. The zero-order chi connectivity index (χ0) is 14.7. The van der Waals surface area contributed by atoms with Crippen molar-refractivity contribution >= 4 is 17.3 Å². The van der Waals surface area contributed by atoms with E-state index in [-0.39, 0.29) is 11.3 Å². The van der Waals surface area contributed by atoms with Crippen molar-refractivity contribution in [2.75, 3.05) is 11.9 Å². The minimum absolute atomic E-state index is 0.0727. The summed E-state index contributed by atoms with van der Waals surface area (Å²) in [7, 11) is 0. The van der Waals surface area contributed by atoms with Crippen LogP contribution in [0.15, 0.2) is 18.2 Å². The van der Waals surface area contributed by atoms with Gasteiger partial charge in [-0.1, -0.05) is 19.8 Å². The number of carboxylic acid groups (broad SMARTS) is 1. The van der Waals surface area contributed by atoms with Gasteiger partial charge < -0.3 is 10.4 Å². The fourth-order valence-electron chi connectivity index (χ4n) is 2.73. The third kappa shape index (κ3) is 3.07. The third-order valence-electron chi connectivity index (χ3n) is 4.04. The summed E-state index contributed by atoms with van der Waals surface area (Å²) in [6, 6.07) is 3.96. The number of hydrogen-bond donors (Lipinski definition) is 2. The van der Waals surface area contributed by atoms with Crippen molar-refractivity contribution in [1.82, 2.24) is 0 Å². The summed E-state index contributed by atoms with van der Waals surface area (Å²) in [5.41, 5.74) is 0.131. The Morgan fingerprint density at radius 3 is 2.80 bits per heavy atom. The summed E-state index contributed by atoms with van der Waals surface area (Å²) >= 11 is 0. The number of carboxylic acids is 1. The maximum Gasteiger partial charge on any atom is 0.335 e. The topological polar surface area (TPSA) is 92.5 Å². The van der Waals surface area contributed by atoms with Crippen LogP contribution < -0.4 is 5.32 Å². The van der Waals surface area contributed by atoms with Crippen LogP contribution >= 0.6 is 0 Å². The first kappa shape index (κ1) is 14.3. The first-order valence-electron chi connectivity index (χ1n) is 6.74. The fraction of sp³-hybridized carbons (Fsp3) is 0.500. The minimum Gasteiger partial charge on any atom is -0.478 e. The summed E-state index contributed by atoms with van der Waals surface area (Å²) in [4.78, 5) is 21.3. The van der Waals surface area contributed by atoms with Crippen LogP contribution in [0.5, 0.6) is 0 Å². The van der Waals surface area contributed by atoms with Gasteiger partial charge in [0.1, 0.15) is 5.69 Å². The molecule has 108 valence electrons. The Balaban J connectivity index is 2.14. The average Bonchev–Trinajstić information content (AvgIpc) is 2.81. The van der Waals surface area contributed by atoms with Gasteiger partial charge in [-0.3, -0.25) is 10.1 Å². The largest absolute Gasteiger partial charge is 0.478 e. The number of rotatable bonds is 5. The van der Waals surface area contributed by atoms with E-state index in [9.17, 15) is 14.9 Å². The van der Waals surface area contributed by atoms with Gasteiger partial charge in [-0.15, -0.1) is 0 Å². The van der Waals surface area contributed by atoms with Crippen molar-refractivity contribution in [3.63, 3.8) is 0 Å². The molecule has 0 saturated heterocycles. The lowest BCUT2D eigenvalue weighted by Gasteiger charge is -2.16. The van der Waals surface area contributed by atoms with Gasteiger partial charge in [-0.05, 0) is 30.4 Å². The van der Waals surface area contributed by atoms with Crippen molar-refractivity contribution < 1.29 is 14.8 Å². The van der Waals surface area contributed by atoms with Crippen LogP contribution in [0, 0.1) is 22.0 Å². The van der Waals surface area contributed by atoms with Crippen molar-refractivity contribution in [2.45, 2.75) is 26.2 Å². The number of anilines is 1. The third-order valence-corrected chi connectivity index (χ3v) is 4.04. The summed E-state index contributed by atoms with van der Waals surface area (Å²) in [5, 5.41) is 23.0. The van der Waals surface area contributed by atoms with Crippen LogP contribution in [0.25, 0.3) is 0 Å². The molecule has 0 heterocycles. The Morgan fingerprint density at radius 1 is 1.50 bits per heavy atom. The Morgan fingerprint density at radius 2 is 2.25 bits per heavy atom. The van der Waals surface area contributed by atoms with E-state index in [1.54, 1.807) is 0 Å². The maximum atomic E-state index is 11.0. The van der Waals surface area contributed by atoms with E-state index < -0.39 is 10.9 Å². The van der Waals surface area contributed by atoms with Crippen LogP contribution in [-0.2, 0) is 0 Å². The van der Waals surface area contributed by atoms with Gasteiger partial charge in [0, 0.05) is 12.6 Å². The van der Waals surface area contributed by atoms with E-state index in [1.807, 2.05) is 0 Å². The summed E-state index contributed by atoms with van der Waals surface area (Å²) in [5.74, 6) is -0.0160. The highest BCUT2D eigenvalue weighted by atomic mass is 16.6. The predicted octanol–water partition coefficient (Wildman–Crippen LogP) is 3.14. The van der Waals surface area contributed by atoms with Gasteiger partial charge in [-0.25, -0.2) is 4.79 Å². The number of benzene rings is 1. The lowest BCUT2D eigenvalue weighted by atomic mass is 9.98. The van der Waals surface area contributed by atoms with Gasteiger partial charge >= 0.3 is 5.97 Å². The molecule has 1 fully saturated rings. The van der Waals surface area contributed by atoms with Crippen LogP contribution in [-0.4, -0.2) is 22.5 Å². The molecule has 6 heteroatoms. The number of nitrogens with zero attached hydrogens (tertiary/aromatic N) is 1. The van der Waals surface area contributed by atoms with Gasteiger partial charge in [0.05, 0.1) is 10.5 Å². The second-order valence-electron chi connectivity index (χ2n) is 5.34. The number of carbonyl (C=O) groups is 1. The zero-order valence-corrected chi connectivity index (χ0v) is 11.3. The molecule has 2 N–H and O–H groups in total. The molecule has 0 bridgehead atoms. The molecule has 1 saturated carbocycles. The molecule has 20 heavy (non-hydrogen) atoms. The van der Waals surface area contributed by atoms with Gasteiger partial charge in [0.2, 0.25) is 0 Å². The number of hydrogen-bond acceptors (Lipinski definition) is 4. The van der Waals surface area contributed by atoms with Gasteiger partial charge in [-0.2, -0.15) is 0 Å². The number of nitro groups is 1. The second kappa shape index (κ2) is 5.90. The molecule has 1 aliphatic carbocycles. The Bertz CT molecular complexity index is 530.